The van der Waals surface area contributed by atoms with E-state index in [1.165, 1.54) is 5.56 Å². The summed E-state index contributed by atoms with van der Waals surface area (Å²) >= 11 is 0. The number of carbonyl (C=O) groups is 1. The van der Waals surface area contributed by atoms with Gasteiger partial charge in [-0.1, -0.05) is 36.4 Å². The molecule has 1 amide bonds. The lowest BCUT2D eigenvalue weighted by Gasteiger charge is -2.24. The summed E-state index contributed by atoms with van der Waals surface area (Å²) in [5, 5.41) is 3.05. The molecule has 1 heterocycles. The van der Waals surface area contributed by atoms with E-state index < -0.39 is 6.04 Å². The van der Waals surface area contributed by atoms with E-state index in [0.29, 0.717) is 0 Å². The molecular weight excluding hydrogens is 324 g/mol. The Morgan fingerprint density at radius 2 is 1.92 bits per heavy atom. The first-order valence-corrected chi connectivity index (χ1v) is 8.01. The van der Waals surface area contributed by atoms with Crippen LogP contribution in [0.3, 0.4) is 0 Å². The molecule has 0 fully saturated rings. The van der Waals surface area contributed by atoms with Crippen molar-refractivity contribution >= 4 is 18.3 Å². The van der Waals surface area contributed by atoms with E-state index in [1.807, 2.05) is 42.5 Å². The topological polar surface area (TPSA) is 64.4 Å². The number of amides is 1. The molecule has 5 heteroatoms. The predicted molar refractivity (Wildman–Crippen MR) is 97.6 cm³/mol. The normalized spacial score (nSPS) is 15.2. The molecule has 4 nitrogen and oxygen atoms in total. The second kappa shape index (κ2) is 8.18. The van der Waals surface area contributed by atoms with Gasteiger partial charge in [0.25, 0.3) is 0 Å². The zero-order chi connectivity index (χ0) is 16.2. The third-order valence-corrected chi connectivity index (χ3v) is 4.10. The quantitative estimate of drug-likeness (QED) is 0.894. The standard InChI is InChI=1S/C19H22N2O2.ClH/c1-13(20)19(22)21-18(14-6-3-2-4-7-14)16-9-10-17-15(12-16)8-5-11-23-17;/h2-4,6-7,9-10,12-13,18H,5,8,11,20H2,1H3,(H,21,22);1H/t13-,18?;/m0./s1. The Bertz CT molecular complexity index is 689. The molecule has 0 aromatic heterocycles. The molecule has 2 aromatic carbocycles. The molecule has 3 rings (SSSR count). The van der Waals surface area contributed by atoms with Gasteiger partial charge in [0.1, 0.15) is 5.75 Å². The Labute approximate surface area is 148 Å². The van der Waals surface area contributed by atoms with Gasteiger partial charge in [0.05, 0.1) is 18.7 Å². The van der Waals surface area contributed by atoms with Gasteiger partial charge < -0.3 is 15.8 Å². The Kier molecular flexibility index (Phi) is 6.23. The second-order valence-corrected chi connectivity index (χ2v) is 5.96. The van der Waals surface area contributed by atoms with Gasteiger partial charge in [-0.25, -0.2) is 0 Å². The number of halogens is 1. The number of hydrogen-bond acceptors (Lipinski definition) is 3. The van der Waals surface area contributed by atoms with Crippen molar-refractivity contribution in [3.05, 3.63) is 65.2 Å². The molecule has 24 heavy (non-hydrogen) atoms. The minimum absolute atomic E-state index is 0. The number of fused-ring (bicyclic) bond motifs is 1. The molecule has 1 aliphatic heterocycles. The SMILES string of the molecule is C[C@H](N)C(=O)NC(c1ccccc1)c1ccc2c(c1)CCCO2.Cl. The molecule has 0 aliphatic carbocycles. The smallest absolute Gasteiger partial charge is 0.237 e. The van der Waals surface area contributed by atoms with E-state index in [4.69, 9.17) is 10.5 Å². The lowest BCUT2D eigenvalue weighted by molar-refractivity contribution is -0.122. The number of hydrogen-bond donors (Lipinski definition) is 2. The summed E-state index contributed by atoms with van der Waals surface area (Å²) in [6.45, 7) is 2.47. The van der Waals surface area contributed by atoms with Crippen molar-refractivity contribution in [1.29, 1.82) is 0 Å². The maximum absolute atomic E-state index is 12.1. The van der Waals surface area contributed by atoms with Crippen molar-refractivity contribution in [3.63, 3.8) is 0 Å². The third-order valence-electron chi connectivity index (χ3n) is 4.10. The van der Waals surface area contributed by atoms with Gasteiger partial charge in [-0.3, -0.25) is 4.79 Å². The monoisotopic (exact) mass is 346 g/mol. The van der Waals surface area contributed by atoms with Gasteiger partial charge in [0.15, 0.2) is 0 Å². The van der Waals surface area contributed by atoms with Crippen LogP contribution in [0, 0.1) is 0 Å². The number of carbonyl (C=O) groups excluding carboxylic acids is 1. The van der Waals surface area contributed by atoms with Crippen molar-refractivity contribution in [2.45, 2.75) is 31.8 Å². The van der Waals surface area contributed by atoms with E-state index in [0.717, 1.165) is 36.3 Å². The lowest BCUT2D eigenvalue weighted by atomic mass is 9.94. The van der Waals surface area contributed by atoms with Crippen LogP contribution in [0.5, 0.6) is 5.75 Å². The summed E-state index contributed by atoms with van der Waals surface area (Å²) in [5.74, 6) is 0.790. The fraction of sp³-hybridized carbons (Fsp3) is 0.316. The number of ether oxygens (including phenoxy) is 1. The van der Waals surface area contributed by atoms with E-state index in [1.54, 1.807) is 6.92 Å². The Balaban J connectivity index is 0.00000208. The van der Waals surface area contributed by atoms with Gasteiger partial charge in [0, 0.05) is 0 Å². The maximum Gasteiger partial charge on any atom is 0.237 e. The van der Waals surface area contributed by atoms with E-state index in [9.17, 15) is 4.79 Å². The highest BCUT2D eigenvalue weighted by atomic mass is 35.5. The molecule has 1 aliphatic rings. The highest BCUT2D eigenvalue weighted by Gasteiger charge is 2.20. The number of rotatable bonds is 4. The Morgan fingerprint density at radius 1 is 1.17 bits per heavy atom. The van der Waals surface area contributed by atoms with Crippen molar-refractivity contribution < 1.29 is 9.53 Å². The first kappa shape index (κ1) is 18.3. The van der Waals surface area contributed by atoms with Crippen LogP contribution >= 0.6 is 12.4 Å². The van der Waals surface area contributed by atoms with Gasteiger partial charge in [-0.05, 0) is 48.6 Å². The molecule has 0 saturated carbocycles. The highest BCUT2D eigenvalue weighted by molar-refractivity contribution is 5.85. The minimum Gasteiger partial charge on any atom is -0.493 e. The van der Waals surface area contributed by atoms with Crippen LogP contribution in [0.15, 0.2) is 48.5 Å². The summed E-state index contributed by atoms with van der Waals surface area (Å²) in [6.07, 6.45) is 2.03. The van der Waals surface area contributed by atoms with Crippen molar-refractivity contribution in [2.75, 3.05) is 6.61 Å². The summed E-state index contributed by atoms with van der Waals surface area (Å²) in [7, 11) is 0. The molecule has 0 spiro atoms. The van der Waals surface area contributed by atoms with E-state index in [-0.39, 0.29) is 24.4 Å². The maximum atomic E-state index is 12.1. The van der Waals surface area contributed by atoms with E-state index >= 15 is 0 Å². The van der Waals surface area contributed by atoms with Crippen molar-refractivity contribution in [3.8, 4) is 5.75 Å². The zero-order valence-electron chi connectivity index (χ0n) is 13.7. The number of nitrogens with two attached hydrogens (primary N) is 1. The predicted octanol–water partition coefficient (Wildman–Crippen LogP) is 2.99. The van der Waals surface area contributed by atoms with Gasteiger partial charge in [-0.15, -0.1) is 12.4 Å². The molecule has 2 atom stereocenters. The summed E-state index contributed by atoms with van der Waals surface area (Å²) < 4.78 is 5.68. The molecular formula is C19H23ClN2O2. The van der Waals surface area contributed by atoms with Gasteiger partial charge >= 0.3 is 0 Å². The molecule has 0 radical (unpaired) electrons. The highest BCUT2D eigenvalue weighted by Crippen LogP contribution is 2.30. The molecule has 3 N–H and O–H groups in total. The fourth-order valence-electron chi connectivity index (χ4n) is 2.84. The second-order valence-electron chi connectivity index (χ2n) is 5.96. The number of benzene rings is 2. The molecule has 2 aromatic rings. The third kappa shape index (κ3) is 4.08. The van der Waals surface area contributed by atoms with E-state index in [2.05, 4.69) is 11.4 Å². The van der Waals surface area contributed by atoms with Crippen LogP contribution in [-0.4, -0.2) is 18.6 Å². The molecule has 0 saturated heterocycles. The van der Waals surface area contributed by atoms with Crippen LogP contribution in [0.1, 0.15) is 36.1 Å². The summed E-state index contributed by atoms with van der Waals surface area (Å²) in [6, 6.07) is 15.3. The van der Waals surface area contributed by atoms with Crippen molar-refractivity contribution in [2.24, 2.45) is 5.73 Å². The molecule has 128 valence electrons. The summed E-state index contributed by atoms with van der Waals surface area (Å²) in [5.41, 5.74) is 9.01. The van der Waals surface area contributed by atoms with Crippen LogP contribution in [0.2, 0.25) is 0 Å². The first-order chi connectivity index (χ1) is 11.1. The largest absolute Gasteiger partial charge is 0.493 e. The van der Waals surface area contributed by atoms with Gasteiger partial charge in [-0.2, -0.15) is 0 Å². The van der Waals surface area contributed by atoms with Crippen LogP contribution in [0.25, 0.3) is 0 Å². The fourth-order valence-corrected chi connectivity index (χ4v) is 2.84. The minimum atomic E-state index is -0.540. The zero-order valence-corrected chi connectivity index (χ0v) is 14.5. The molecule has 1 unspecified atom stereocenters. The van der Waals surface area contributed by atoms with Crippen LogP contribution in [-0.2, 0) is 11.2 Å². The van der Waals surface area contributed by atoms with Crippen LogP contribution < -0.4 is 15.8 Å². The number of nitrogens with one attached hydrogen (secondary N) is 1. The molecule has 0 bridgehead atoms. The number of aryl methyl sites for hydroxylation is 1. The Hall–Kier alpha value is -2.04. The van der Waals surface area contributed by atoms with Crippen molar-refractivity contribution in [1.82, 2.24) is 5.32 Å². The average Bonchev–Trinajstić information content (AvgIpc) is 2.59. The first-order valence-electron chi connectivity index (χ1n) is 8.01. The summed E-state index contributed by atoms with van der Waals surface area (Å²) in [4.78, 5) is 12.1. The average molecular weight is 347 g/mol. The van der Waals surface area contributed by atoms with Gasteiger partial charge in [0.2, 0.25) is 5.91 Å². The lowest BCUT2D eigenvalue weighted by Crippen LogP contribution is -2.40. The Morgan fingerprint density at radius 3 is 2.62 bits per heavy atom. The van der Waals surface area contributed by atoms with Crippen LogP contribution in [0.4, 0.5) is 0 Å².